The van der Waals surface area contributed by atoms with Crippen LogP contribution in [0.4, 0.5) is 11.4 Å². The zero-order valence-electron chi connectivity index (χ0n) is 14.1. The quantitative estimate of drug-likeness (QED) is 0.450. The Bertz CT molecular complexity index is 957. The first-order chi connectivity index (χ1) is 12.5. The molecule has 0 unspecified atom stereocenters. The monoisotopic (exact) mass is 380 g/mol. The summed E-state index contributed by atoms with van der Waals surface area (Å²) in [5.41, 5.74) is 3.68. The van der Waals surface area contributed by atoms with E-state index in [2.05, 4.69) is 10.6 Å². The lowest BCUT2D eigenvalue weighted by Crippen LogP contribution is -2.21. The van der Waals surface area contributed by atoms with Gasteiger partial charge in [-0.25, -0.2) is 0 Å². The molecule has 0 saturated heterocycles. The maximum atomic E-state index is 12.8. The molecular weight excluding hydrogens is 364 g/mol. The van der Waals surface area contributed by atoms with Crippen LogP contribution in [0.5, 0.6) is 0 Å². The number of anilines is 2. The number of thiocarbonyl (C=S) groups is 1. The predicted octanol–water partition coefficient (Wildman–Crippen LogP) is 5.69. The summed E-state index contributed by atoms with van der Waals surface area (Å²) in [4.78, 5) is 12.8. The van der Waals surface area contributed by atoms with Gasteiger partial charge in [0.1, 0.15) is 0 Å². The first-order valence-corrected chi connectivity index (χ1v) is 8.86. The Morgan fingerprint density at radius 1 is 0.885 bits per heavy atom. The number of carbonyl (C=O) groups is 1. The number of rotatable bonds is 4. The number of carbonyl (C=O) groups excluding carboxylic acids is 1. The molecule has 0 saturated carbocycles. The summed E-state index contributed by atoms with van der Waals surface area (Å²) in [6.07, 6.45) is 0. The molecular formula is C21H17ClN2OS. The van der Waals surface area contributed by atoms with Gasteiger partial charge in [0.15, 0.2) is 10.9 Å². The normalized spacial score (nSPS) is 10.2. The third kappa shape index (κ3) is 4.28. The van der Waals surface area contributed by atoms with Crippen LogP contribution >= 0.6 is 23.8 Å². The van der Waals surface area contributed by atoms with Crippen molar-refractivity contribution in [2.45, 2.75) is 6.92 Å². The van der Waals surface area contributed by atoms with Crippen molar-refractivity contribution in [3.05, 3.63) is 94.5 Å². The fourth-order valence-electron chi connectivity index (χ4n) is 2.54. The van der Waals surface area contributed by atoms with Gasteiger partial charge in [0.05, 0.1) is 5.69 Å². The van der Waals surface area contributed by atoms with Gasteiger partial charge in [0, 0.05) is 21.8 Å². The molecule has 0 heterocycles. The zero-order valence-corrected chi connectivity index (χ0v) is 15.7. The highest BCUT2D eigenvalue weighted by Crippen LogP contribution is 2.22. The second-order valence-electron chi connectivity index (χ2n) is 5.78. The van der Waals surface area contributed by atoms with Crippen molar-refractivity contribution in [1.29, 1.82) is 0 Å². The molecule has 3 aromatic carbocycles. The molecule has 26 heavy (non-hydrogen) atoms. The SMILES string of the molecule is Cc1ccc(Cl)cc1NC(=S)Nc1ccccc1C(=O)c1ccccc1. The number of hydrogen-bond acceptors (Lipinski definition) is 2. The molecule has 0 atom stereocenters. The largest absolute Gasteiger partial charge is 0.332 e. The highest BCUT2D eigenvalue weighted by molar-refractivity contribution is 7.80. The molecule has 0 radical (unpaired) electrons. The Labute approximate surface area is 163 Å². The van der Waals surface area contributed by atoms with Crippen LogP contribution in [0.25, 0.3) is 0 Å². The van der Waals surface area contributed by atoms with Gasteiger partial charge in [-0.2, -0.15) is 0 Å². The van der Waals surface area contributed by atoms with E-state index in [1.807, 2.05) is 61.5 Å². The summed E-state index contributed by atoms with van der Waals surface area (Å²) in [6.45, 7) is 1.97. The highest BCUT2D eigenvalue weighted by atomic mass is 35.5. The van der Waals surface area contributed by atoms with Crippen LogP contribution in [-0.2, 0) is 0 Å². The molecule has 0 amide bonds. The van der Waals surface area contributed by atoms with Crippen LogP contribution in [0.1, 0.15) is 21.5 Å². The smallest absolute Gasteiger partial charge is 0.195 e. The average Bonchev–Trinajstić information content (AvgIpc) is 2.65. The van der Waals surface area contributed by atoms with Crippen molar-refractivity contribution in [3.63, 3.8) is 0 Å². The number of halogens is 1. The van der Waals surface area contributed by atoms with Gasteiger partial charge in [0.25, 0.3) is 0 Å². The summed E-state index contributed by atoms with van der Waals surface area (Å²) < 4.78 is 0. The lowest BCUT2D eigenvalue weighted by molar-refractivity contribution is 0.103. The van der Waals surface area contributed by atoms with Crippen LogP contribution in [0.2, 0.25) is 5.02 Å². The first kappa shape index (κ1) is 18.1. The van der Waals surface area contributed by atoms with E-state index in [0.717, 1.165) is 11.3 Å². The molecule has 0 fully saturated rings. The topological polar surface area (TPSA) is 41.1 Å². The number of ketones is 1. The molecule has 0 aliphatic carbocycles. The number of benzene rings is 3. The van der Waals surface area contributed by atoms with E-state index >= 15 is 0 Å². The van der Waals surface area contributed by atoms with Crippen LogP contribution in [0.15, 0.2) is 72.8 Å². The second-order valence-corrected chi connectivity index (χ2v) is 6.62. The van der Waals surface area contributed by atoms with Gasteiger partial charge >= 0.3 is 0 Å². The summed E-state index contributed by atoms with van der Waals surface area (Å²) in [6, 6.07) is 22.0. The van der Waals surface area contributed by atoms with E-state index in [0.29, 0.717) is 26.9 Å². The van der Waals surface area contributed by atoms with E-state index in [4.69, 9.17) is 23.8 Å². The Morgan fingerprint density at radius 3 is 2.31 bits per heavy atom. The standard InChI is InChI=1S/C21H17ClN2OS/c1-14-11-12-16(22)13-19(14)24-21(26)23-18-10-6-5-9-17(18)20(25)15-7-3-2-4-8-15/h2-13H,1H3,(H2,23,24,26). The predicted molar refractivity (Wildman–Crippen MR) is 112 cm³/mol. The van der Waals surface area contributed by atoms with E-state index in [9.17, 15) is 4.79 Å². The molecule has 130 valence electrons. The van der Waals surface area contributed by atoms with Crippen molar-refractivity contribution in [2.24, 2.45) is 0 Å². The number of nitrogens with one attached hydrogen (secondary N) is 2. The Kier molecular flexibility index (Phi) is 5.66. The summed E-state index contributed by atoms with van der Waals surface area (Å²) in [5, 5.41) is 7.26. The summed E-state index contributed by atoms with van der Waals surface area (Å²) in [5.74, 6) is -0.0598. The van der Waals surface area contributed by atoms with Gasteiger partial charge in [-0.1, -0.05) is 60.1 Å². The average molecular weight is 381 g/mol. The molecule has 0 spiro atoms. The van der Waals surface area contributed by atoms with Crippen LogP contribution < -0.4 is 10.6 Å². The van der Waals surface area contributed by atoms with E-state index in [-0.39, 0.29) is 5.78 Å². The van der Waals surface area contributed by atoms with Crippen LogP contribution in [-0.4, -0.2) is 10.9 Å². The molecule has 3 rings (SSSR count). The summed E-state index contributed by atoms with van der Waals surface area (Å²) >= 11 is 11.5. The Morgan fingerprint density at radius 2 is 1.54 bits per heavy atom. The van der Waals surface area contributed by atoms with Gasteiger partial charge < -0.3 is 10.6 Å². The van der Waals surface area contributed by atoms with Gasteiger partial charge in [-0.15, -0.1) is 0 Å². The fourth-order valence-corrected chi connectivity index (χ4v) is 2.93. The minimum atomic E-state index is -0.0598. The van der Waals surface area contributed by atoms with E-state index < -0.39 is 0 Å². The summed E-state index contributed by atoms with van der Waals surface area (Å²) in [7, 11) is 0. The lowest BCUT2D eigenvalue weighted by atomic mass is 10.0. The maximum Gasteiger partial charge on any atom is 0.195 e. The third-order valence-corrected chi connectivity index (χ3v) is 4.34. The fraction of sp³-hybridized carbons (Fsp3) is 0.0476. The van der Waals surface area contributed by atoms with Crippen LogP contribution in [0.3, 0.4) is 0 Å². The highest BCUT2D eigenvalue weighted by Gasteiger charge is 2.14. The van der Waals surface area contributed by atoms with E-state index in [1.54, 1.807) is 18.2 Å². The number of para-hydroxylation sites is 1. The van der Waals surface area contributed by atoms with Crippen molar-refractivity contribution in [2.75, 3.05) is 10.6 Å². The molecule has 3 aromatic rings. The van der Waals surface area contributed by atoms with Gasteiger partial charge in [0.2, 0.25) is 0 Å². The Balaban J connectivity index is 1.81. The molecule has 0 aliphatic heterocycles. The first-order valence-electron chi connectivity index (χ1n) is 8.07. The third-order valence-electron chi connectivity index (χ3n) is 3.90. The lowest BCUT2D eigenvalue weighted by Gasteiger charge is -2.15. The second kappa shape index (κ2) is 8.13. The van der Waals surface area contributed by atoms with Crippen molar-refractivity contribution in [3.8, 4) is 0 Å². The zero-order chi connectivity index (χ0) is 18.5. The molecule has 0 aliphatic rings. The van der Waals surface area contributed by atoms with Gasteiger partial charge in [-0.3, -0.25) is 4.79 Å². The molecule has 5 heteroatoms. The van der Waals surface area contributed by atoms with Gasteiger partial charge in [-0.05, 0) is 49.0 Å². The minimum Gasteiger partial charge on any atom is -0.332 e. The Hall–Kier alpha value is -2.69. The van der Waals surface area contributed by atoms with Crippen molar-refractivity contribution >= 4 is 46.1 Å². The van der Waals surface area contributed by atoms with Crippen LogP contribution in [0, 0.1) is 6.92 Å². The molecule has 0 bridgehead atoms. The number of aryl methyl sites for hydroxylation is 1. The molecule has 2 N–H and O–H groups in total. The van der Waals surface area contributed by atoms with E-state index in [1.165, 1.54) is 0 Å². The molecule has 3 nitrogen and oxygen atoms in total. The van der Waals surface area contributed by atoms with Crippen molar-refractivity contribution < 1.29 is 4.79 Å². The maximum absolute atomic E-state index is 12.8. The minimum absolute atomic E-state index is 0.0598. The molecule has 0 aromatic heterocycles. The number of hydrogen-bond donors (Lipinski definition) is 2. The van der Waals surface area contributed by atoms with Crippen molar-refractivity contribution in [1.82, 2.24) is 0 Å².